The minimum Gasteiger partial charge on any atom is -0.492 e. The van der Waals surface area contributed by atoms with Crippen LogP contribution in [-0.4, -0.2) is 27.3 Å². The van der Waals surface area contributed by atoms with Gasteiger partial charge in [0.25, 0.3) is 0 Å². The van der Waals surface area contributed by atoms with Gasteiger partial charge in [0.1, 0.15) is 12.4 Å². The molecule has 0 atom stereocenters. The van der Waals surface area contributed by atoms with Gasteiger partial charge in [-0.2, -0.15) is 0 Å². The van der Waals surface area contributed by atoms with Gasteiger partial charge >= 0.3 is 0 Å². The summed E-state index contributed by atoms with van der Waals surface area (Å²) in [6.45, 7) is 4.92. The first-order valence-corrected chi connectivity index (χ1v) is 10.3. The van der Waals surface area contributed by atoms with E-state index in [2.05, 4.69) is 18.6 Å². The lowest BCUT2D eigenvalue weighted by Crippen LogP contribution is -2.33. The summed E-state index contributed by atoms with van der Waals surface area (Å²) >= 11 is 0. The third kappa shape index (κ3) is 6.15. The number of rotatable bonds is 8. The highest BCUT2D eigenvalue weighted by Crippen LogP contribution is 2.26. The highest BCUT2D eigenvalue weighted by molar-refractivity contribution is 7.89. The first kappa shape index (κ1) is 18.3. The van der Waals surface area contributed by atoms with Crippen molar-refractivity contribution in [2.45, 2.75) is 51.9 Å². The van der Waals surface area contributed by atoms with Crippen molar-refractivity contribution in [1.82, 2.24) is 4.72 Å². The van der Waals surface area contributed by atoms with Crippen LogP contribution in [0, 0.1) is 5.92 Å². The van der Waals surface area contributed by atoms with E-state index >= 15 is 0 Å². The van der Waals surface area contributed by atoms with Crippen molar-refractivity contribution in [3.05, 3.63) is 29.8 Å². The molecule has 5 heteroatoms. The van der Waals surface area contributed by atoms with E-state index < -0.39 is 10.0 Å². The molecule has 130 valence electrons. The van der Waals surface area contributed by atoms with Crippen molar-refractivity contribution in [2.24, 2.45) is 5.92 Å². The molecule has 0 saturated heterocycles. The maximum atomic E-state index is 12.1. The number of hydrogen-bond acceptors (Lipinski definition) is 3. The van der Waals surface area contributed by atoms with Gasteiger partial charge in [0, 0.05) is 6.54 Å². The monoisotopic (exact) mass is 339 g/mol. The van der Waals surface area contributed by atoms with Crippen LogP contribution >= 0.6 is 0 Å². The van der Waals surface area contributed by atoms with Gasteiger partial charge in [-0.1, -0.05) is 51.3 Å². The number of para-hydroxylation sites is 1. The van der Waals surface area contributed by atoms with Gasteiger partial charge in [0.05, 0.1) is 5.75 Å². The quantitative estimate of drug-likeness (QED) is 0.735. The number of nitrogens with one attached hydrogen (secondary N) is 1. The van der Waals surface area contributed by atoms with E-state index in [9.17, 15) is 8.42 Å². The molecular weight excluding hydrogens is 310 g/mol. The van der Waals surface area contributed by atoms with E-state index in [0.717, 1.165) is 37.0 Å². The lowest BCUT2D eigenvalue weighted by atomic mass is 9.91. The summed E-state index contributed by atoms with van der Waals surface area (Å²) in [5.41, 5.74) is 1.15. The van der Waals surface area contributed by atoms with Crippen LogP contribution in [-0.2, 0) is 10.0 Å². The predicted octanol–water partition coefficient (Wildman–Crippen LogP) is 3.69. The van der Waals surface area contributed by atoms with E-state index in [1.165, 1.54) is 6.42 Å². The van der Waals surface area contributed by atoms with Gasteiger partial charge in [0.2, 0.25) is 10.0 Å². The Morgan fingerprint density at radius 3 is 2.57 bits per heavy atom. The molecule has 0 aromatic heterocycles. The van der Waals surface area contributed by atoms with Gasteiger partial charge in [-0.05, 0) is 36.3 Å². The summed E-state index contributed by atoms with van der Waals surface area (Å²) in [4.78, 5) is 0. The van der Waals surface area contributed by atoms with Crippen LogP contribution in [0.25, 0.3) is 0 Å². The maximum absolute atomic E-state index is 12.1. The van der Waals surface area contributed by atoms with Crippen LogP contribution in [0.3, 0.4) is 0 Å². The second kappa shape index (κ2) is 8.69. The Balaban J connectivity index is 1.76. The van der Waals surface area contributed by atoms with Crippen molar-refractivity contribution < 1.29 is 13.2 Å². The molecule has 1 aromatic carbocycles. The summed E-state index contributed by atoms with van der Waals surface area (Å²) in [7, 11) is -3.19. The zero-order valence-electron chi connectivity index (χ0n) is 14.3. The van der Waals surface area contributed by atoms with Gasteiger partial charge in [-0.25, -0.2) is 13.1 Å². The predicted molar refractivity (Wildman–Crippen MR) is 94.4 cm³/mol. The maximum Gasteiger partial charge on any atom is 0.211 e. The Bertz CT molecular complexity index is 578. The molecule has 4 nitrogen and oxygen atoms in total. The fourth-order valence-electron chi connectivity index (χ4n) is 3.17. The van der Waals surface area contributed by atoms with Crippen LogP contribution in [0.15, 0.2) is 24.3 Å². The number of sulfonamides is 1. The van der Waals surface area contributed by atoms with Crippen LogP contribution in [0.5, 0.6) is 5.75 Å². The molecule has 0 unspecified atom stereocenters. The zero-order valence-corrected chi connectivity index (χ0v) is 15.1. The smallest absolute Gasteiger partial charge is 0.211 e. The first-order chi connectivity index (χ1) is 11.0. The lowest BCUT2D eigenvalue weighted by Gasteiger charge is -2.21. The van der Waals surface area contributed by atoms with E-state index in [-0.39, 0.29) is 5.75 Å². The summed E-state index contributed by atoms with van der Waals surface area (Å²) < 4.78 is 32.7. The van der Waals surface area contributed by atoms with E-state index in [4.69, 9.17) is 4.74 Å². The average Bonchev–Trinajstić information content (AvgIpc) is 2.52. The van der Waals surface area contributed by atoms with E-state index in [1.54, 1.807) is 0 Å². The minimum atomic E-state index is -3.19. The lowest BCUT2D eigenvalue weighted by molar-refractivity contribution is 0.317. The molecule has 1 aliphatic rings. The molecule has 0 heterocycles. The van der Waals surface area contributed by atoms with Gasteiger partial charge < -0.3 is 4.74 Å². The molecule has 0 bridgehead atoms. The molecule has 2 rings (SSSR count). The third-order valence-corrected chi connectivity index (χ3v) is 5.96. The summed E-state index contributed by atoms with van der Waals surface area (Å²) in [5.74, 6) is 1.81. The molecule has 0 radical (unpaired) electrons. The Hall–Kier alpha value is -1.07. The van der Waals surface area contributed by atoms with Crippen LogP contribution in [0.4, 0.5) is 0 Å². The number of benzene rings is 1. The Morgan fingerprint density at radius 2 is 1.87 bits per heavy atom. The third-order valence-electron chi connectivity index (χ3n) is 4.40. The van der Waals surface area contributed by atoms with Gasteiger partial charge in [-0.3, -0.25) is 0 Å². The fraction of sp³-hybridized carbons (Fsp3) is 0.667. The Kier molecular flexibility index (Phi) is 6.90. The average molecular weight is 340 g/mol. The van der Waals surface area contributed by atoms with Gasteiger partial charge in [0.15, 0.2) is 0 Å². The van der Waals surface area contributed by atoms with Crippen molar-refractivity contribution in [1.29, 1.82) is 0 Å². The van der Waals surface area contributed by atoms with Gasteiger partial charge in [-0.15, -0.1) is 0 Å². The molecule has 1 saturated carbocycles. The number of hydrogen-bond donors (Lipinski definition) is 1. The molecule has 23 heavy (non-hydrogen) atoms. The Labute approximate surface area is 140 Å². The minimum absolute atomic E-state index is 0.260. The summed E-state index contributed by atoms with van der Waals surface area (Å²) in [5, 5.41) is 0. The largest absolute Gasteiger partial charge is 0.492 e. The number of ether oxygens (including phenoxy) is 1. The SMILES string of the molecule is CC(C)c1ccccc1OCCNS(=O)(=O)CC1CCCCC1. The van der Waals surface area contributed by atoms with Crippen LogP contribution in [0.1, 0.15) is 57.4 Å². The van der Waals surface area contributed by atoms with Crippen molar-refractivity contribution in [2.75, 3.05) is 18.9 Å². The van der Waals surface area contributed by atoms with Crippen molar-refractivity contribution in [3.8, 4) is 5.75 Å². The Morgan fingerprint density at radius 1 is 1.17 bits per heavy atom. The molecule has 1 fully saturated rings. The van der Waals surface area contributed by atoms with E-state index in [0.29, 0.717) is 25.0 Å². The fourth-order valence-corrected chi connectivity index (χ4v) is 4.64. The molecular formula is C18H29NO3S. The normalized spacial score (nSPS) is 16.7. The van der Waals surface area contributed by atoms with Crippen LogP contribution < -0.4 is 9.46 Å². The topological polar surface area (TPSA) is 55.4 Å². The molecule has 0 amide bonds. The molecule has 1 aliphatic carbocycles. The molecule has 1 N–H and O–H groups in total. The molecule has 1 aromatic rings. The zero-order chi connectivity index (χ0) is 16.7. The summed E-state index contributed by atoms with van der Waals surface area (Å²) in [6, 6.07) is 7.92. The van der Waals surface area contributed by atoms with E-state index in [1.807, 2.05) is 24.3 Å². The second-order valence-corrected chi connectivity index (χ2v) is 8.57. The standard InChI is InChI=1S/C18H29NO3S/c1-15(2)17-10-6-7-11-18(17)22-13-12-19-23(20,21)14-16-8-4-3-5-9-16/h6-7,10-11,15-16,19H,3-5,8-9,12-14H2,1-2H3. The van der Waals surface area contributed by atoms with Crippen LogP contribution in [0.2, 0.25) is 0 Å². The van der Waals surface area contributed by atoms with Crippen molar-refractivity contribution in [3.63, 3.8) is 0 Å². The highest BCUT2D eigenvalue weighted by Gasteiger charge is 2.20. The second-order valence-electron chi connectivity index (χ2n) is 6.72. The molecule has 0 aliphatic heterocycles. The highest BCUT2D eigenvalue weighted by atomic mass is 32.2. The first-order valence-electron chi connectivity index (χ1n) is 8.67. The molecule has 0 spiro atoms. The summed E-state index contributed by atoms with van der Waals surface area (Å²) in [6.07, 6.45) is 5.65. The van der Waals surface area contributed by atoms with Crippen molar-refractivity contribution >= 4 is 10.0 Å².